The second-order valence-corrected chi connectivity index (χ2v) is 3.18. The maximum atomic E-state index is 8.92. The molecular formula is C12H10N2. The normalized spacial score (nSPS) is 9.71. The number of hydrogen-bond acceptors (Lipinski definition) is 1. The lowest BCUT2D eigenvalue weighted by Gasteiger charge is -2.00. The number of benzene rings is 1. The number of nitriles is 1. The largest absolute Gasteiger partial charge is 0.363 e. The Morgan fingerprint density at radius 3 is 2.57 bits per heavy atom. The van der Waals surface area contributed by atoms with Crippen LogP contribution in [0.1, 0.15) is 11.3 Å². The summed E-state index contributed by atoms with van der Waals surface area (Å²) in [5.74, 6) is 0. The third-order valence-electron chi connectivity index (χ3n) is 2.26. The maximum absolute atomic E-state index is 8.92. The van der Waals surface area contributed by atoms with Crippen LogP contribution >= 0.6 is 0 Å². The lowest BCUT2D eigenvalue weighted by Crippen LogP contribution is -1.81. The van der Waals surface area contributed by atoms with Gasteiger partial charge in [-0.15, -0.1) is 0 Å². The van der Waals surface area contributed by atoms with Gasteiger partial charge in [-0.3, -0.25) is 0 Å². The van der Waals surface area contributed by atoms with E-state index in [9.17, 15) is 0 Å². The minimum atomic E-state index is 0.703. The molecule has 2 heteroatoms. The number of aromatic nitrogens is 1. The zero-order valence-corrected chi connectivity index (χ0v) is 7.91. The molecule has 0 radical (unpaired) electrons. The summed E-state index contributed by atoms with van der Waals surface area (Å²) in [6, 6.07) is 12.1. The number of nitrogens with zero attached hydrogens (tertiary/aromatic N) is 1. The Hall–Kier alpha value is -2.01. The first-order valence-corrected chi connectivity index (χ1v) is 4.46. The molecule has 0 amide bonds. The van der Waals surface area contributed by atoms with Crippen molar-refractivity contribution < 1.29 is 0 Å². The zero-order valence-electron chi connectivity index (χ0n) is 7.91. The third-order valence-corrected chi connectivity index (χ3v) is 2.26. The molecule has 0 aliphatic rings. The Labute approximate surface area is 82.8 Å². The summed E-state index contributed by atoms with van der Waals surface area (Å²) < 4.78 is 0. The van der Waals surface area contributed by atoms with Crippen LogP contribution in [0, 0.1) is 18.3 Å². The highest BCUT2D eigenvalue weighted by Gasteiger charge is 2.08. The van der Waals surface area contributed by atoms with Gasteiger partial charge < -0.3 is 4.98 Å². The highest BCUT2D eigenvalue weighted by molar-refractivity contribution is 5.72. The monoisotopic (exact) mass is 182 g/mol. The van der Waals surface area contributed by atoms with Crippen LogP contribution in [-0.2, 0) is 0 Å². The van der Waals surface area contributed by atoms with Crippen molar-refractivity contribution in [2.75, 3.05) is 0 Å². The Morgan fingerprint density at radius 2 is 1.93 bits per heavy atom. The average molecular weight is 182 g/mol. The Balaban J connectivity index is 2.63. The molecule has 2 rings (SSSR count). The van der Waals surface area contributed by atoms with Crippen LogP contribution in [-0.4, -0.2) is 4.98 Å². The van der Waals surface area contributed by atoms with Crippen molar-refractivity contribution in [3.8, 4) is 17.2 Å². The smallest absolute Gasteiger partial charge is 0.101 e. The number of H-pyrrole nitrogens is 1. The molecule has 1 aromatic carbocycles. The summed E-state index contributed by atoms with van der Waals surface area (Å²) >= 11 is 0. The lowest BCUT2D eigenvalue weighted by atomic mass is 10.0. The SMILES string of the molecule is Cc1[nH]cc(C#N)c1-c1ccccc1. The van der Waals surface area contributed by atoms with E-state index in [0.29, 0.717) is 5.56 Å². The molecule has 0 fully saturated rings. The summed E-state index contributed by atoms with van der Waals surface area (Å²) in [4.78, 5) is 3.06. The van der Waals surface area contributed by atoms with E-state index in [1.165, 1.54) is 0 Å². The van der Waals surface area contributed by atoms with Crippen LogP contribution in [0.5, 0.6) is 0 Å². The summed E-state index contributed by atoms with van der Waals surface area (Å²) in [7, 11) is 0. The molecule has 0 saturated carbocycles. The van der Waals surface area contributed by atoms with Gasteiger partial charge in [0.2, 0.25) is 0 Å². The van der Waals surface area contributed by atoms with Crippen LogP contribution in [0.4, 0.5) is 0 Å². The lowest BCUT2D eigenvalue weighted by molar-refractivity contribution is 1.27. The number of aromatic amines is 1. The van der Waals surface area contributed by atoms with Gasteiger partial charge in [0.05, 0.1) is 5.56 Å². The summed E-state index contributed by atoms with van der Waals surface area (Å²) in [5, 5.41) is 8.92. The van der Waals surface area contributed by atoms with E-state index < -0.39 is 0 Å². The van der Waals surface area contributed by atoms with Crippen molar-refractivity contribution in [1.82, 2.24) is 4.98 Å². The Kier molecular flexibility index (Phi) is 2.08. The van der Waals surface area contributed by atoms with Crippen LogP contribution < -0.4 is 0 Å². The van der Waals surface area contributed by atoms with Crippen LogP contribution in [0.25, 0.3) is 11.1 Å². The molecule has 14 heavy (non-hydrogen) atoms. The summed E-state index contributed by atoms with van der Waals surface area (Å²) in [5.41, 5.74) is 3.83. The second-order valence-electron chi connectivity index (χ2n) is 3.18. The minimum absolute atomic E-state index is 0.703. The molecule has 68 valence electrons. The number of hydrogen-bond donors (Lipinski definition) is 1. The molecule has 0 bridgehead atoms. The van der Waals surface area contributed by atoms with Crippen LogP contribution in [0.3, 0.4) is 0 Å². The number of aryl methyl sites for hydroxylation is 1. The number of nitrogens with one attached hydrogen (secondary N) is 1. The first-order valence-electron chi connectivity index (χ1n) is 4.46. The van der Waals surface area contributed by atoms with Gasteiger partial charge >= 0.3 is 0 Å². The molecule has 0 saturated heterocycles. The third kappa shape index (κ3) is 1.29. The second kappa shape index (κ2) is 3.39. The molecule has 1 heterocycles. The first-order chi connectivity index (χ1) is 6.83. The van der Waals surface area contributed by atoms with Gasteiger partial charge in [-0.05, 0) is 12.5 Å². The van der Waals surface area contributed by atoms with Gasteiger partial charge in [0.1, 0.15) is 6.07 Å². The highest BCUT2D eigenvalue weighted by Crippen LogP contribution is 2.26. The minimum Gasteiger partial charge on any atom is -0.363 e. The van der Waals surface area contributed by atoms with E-state index in [4.69, 9.17) is 5.26 Å². The molecule has 2 nitrogen and oxygen atoms in total. The zero-order chi connectivity index (χ0) is 9.97. The molecule has 0 spiro atoms. The molecule has 0 atom stereocenters. The molecule has 1 aromatic heterocycles. The molecule has 2 aromatic rings. The molecule has 0 aliphatic heterocycles. The van der Waals surface area contributed by atoms with E-state index in [-0.39, 0.29) is 0 Å². The molecular weight excluding hydrogens is 172 g/mol. The van der Waals surface area contributed by atoms with Gasteiger partial charge in [0, 0.05) is 17.5 Å². The predicted octanol–water partition coefficient (Wildman–Crippen LogP) is 2.86. The Bertz CT molecular complexity index is 475. The number of rotatable bonds is 1. The van der Waals surface area contributed by atoms with Crippen LogP contribution in [0.15, 0.2) is 36.5 Å². The van der Waals surface area contributed by atoms with Crippen molar-refractivity contribution in [3.63, 3.8) is 0 Å². The van der Waals surface area contributed by atoms with Gasteiger partial charge in [-0.1, -0.05) is 30.3 Å². The average Bonchev–Trinajstić information content (AvgIpc) is 2.61. The van der Waals surface area contributed by atoms with Gasteiger partial charge in [-0.25, -0.2) is 0 Å². The summed E-state index contributed by atoms with van der Waals surface area (Å²) in [6.07, 6.45) is 1.75. The van der Waals surface area contributed by atoms with Gasteiger partial charge in [0.15, 0.2) is 0 Å². The van der Waals surface area contributed by atoms with Gasteiger partial charge in [-0.2, -0.15) is 5.26 Å². The van der Waals surface area contributed by atoms with Crippen molar-refractivity contribution in [3.05, 3.63) is 47.8 Å². The predicted molar refractivity (Wildman–Crippen MR) is 55.7 cm³/mol. The molecule has 0 aliphatic carbocycles. The van der Waals surface area contributed by atoms with E-state index in [0.717, 1.165) is 16.8 Å². The topological polar surface area (TPSA) is 39.6 Å². The van der Waals surface area contributed by atoms with E-state index in [1.54, 1.807) is 6.20 Å². The molecule has 1 N–H and O–H groups in total. The fourth-order valence-electron chi connectivity index (χ4n) is 1.59. The summed E-state index contributed by atoms with van der Waals surface area (Å²) in [6.45, 7) is 1.98. The Morgan fingerprint density at radius 1 is 1.21 bits per heavy atom. The standard InChI is InChI=1S/C12H10N2/c1-9-12(11(7-13)8-14-9)10-5-3-2-4-6-10/h2-6,8,14H,1H3. The highest BCUT2D eigenvalue weighted by atomic mass is 14.7. The van der Waals surface area contributed by atoms with Crippen molar-refractivity contribution in [2.24, 2.45) is 0 Å². The fourth-order valence-corrected chi connectivity index (χ4v) is 1.59. The quantitative estimate of drug-likeness (QED) is 0.723. The first kappa shape index (κ1) is 8.58. The van der Waals surface area contributed by atoms with E-state index in [2.05, 4.69) is 11.1 Å². The van der Waals surface area contributed by atoms with Gasteiger partial charge in [0.25, 0.3) is 0 Å². The van der Waals surface area contributed by atoms with E-state index in [1.807, 2.05) is 37.3 Å². The van der Waals surface area contributed by atoms with E-state index >= 15 is 0 Å². The van der Waals surface area contributed by atoms with Crippen molar-refractivity contribution in [2.45, 2.75) is 6.92 Å². The maximum Gasteiger partial charge on any atom is 0.101 e. The van der Waals surface area contributed by atoms with Crippen molar-refractivity contribution in [1.29, 1.82) is 5.26 Å². The molecule has 0 unspecified atom stereocenters. The van der Waals surface area contributed by atoms with Crippen LogP contribution in [0.2, 0.25) is 0 Å². The fraction of sp³-hybridized carbons (Fsp3) is 0.0833. The van der Waals surface area contributed by atoms with Crippen molar-refractivity contribution >= 4 is 0 Å².